The van der Waals surface area contributed by atoms with Gasteiger partial charge >= 0.3 is 0 Å². The van der Waals surface area contributed by atoms with E-state index in [4.69, 9.17) is 4.74 Å². The summed E-state index contributed by atoms with van der Waals surface area (Å²) in [5.74, 6) is -0.120. The summed E-state index contributed by atoms with van der Waals surface area (Å²) < 4.78 is 5.51. The second-order valence-electron chi connectivity index (χ2n) is 7.29. The maximum atomic E-state index is 13.0. The third kappa shape index (κ3) is 4.97. The van der Waals surface area contributed by atoms with Crippen LogP contribution in [0.5, 0.6) is 0 Å². The number of amides is 1. The first kappa shape index (κ1) is 20.1. The quantitative estimate of drug-likeness (QED) is 0.636. The number of hydrogen-bond acceptors (Lipinski definition) is 3. The van der Waals surface area contributed by atoms with Gasteiger partial charge in [0.15, 0.2) is 6.10 Å². The van der Waals surface area contributed by atoms with Crippen LogP contribution in [-0.2, 0) is 9.53 Å². The van der Waals surface area contributed by atoms with Crippen LogP contribution in [0.4, 0.5) is 0 Å². The zero-order valence-electron chi connectivity index (χ0n) is 16.8. The Bertz CT molecular complexity index is 909. The lowest BCUT2D eigenvalue weighted by Crippen LogP contribution is -2.35. The van der Waals surface area contributed by atoms with Gasteiger partial charge in [-0.3, -0.25) is 4.79 Å². The monoisotopic (exact) mass is 376 g/mol. The minimum atomic E-state index is -0.622. The molecule has 0 aliphatic carbocycles. The van der Waals surface area contributed by atoms with Crippen LogP contribution >= 0.6 is 0 Å². The number of nitrogens with one attached hydrogen (secondary N) is 1. The van der Waals surface area contributed by atoms with Crippen LogP contribution in [0.25, 0.3) is 10.8 Å². The van der Waals surface area contributed by atoms with Crippen molar-refractivity contribution in [2.24, 2.45) is 0 Å². The second-order valence-corrected chi connectivity index (χ2v) is 7.29. The number of methoxy groups -OCH3 is 1. The molecular weight excluding hydrogens is 348 g/mol. The summed E-state index contributed by atoms with van der Waals surface area (Å²) in [5, 5.41) is 5.59. The van der Waals surface area contributed by atoms with Gasteiger partial charge in [0.25, 0.3) is 5.91 Å². The molecular formula is C24H28N2O2. The van der Waals surface area contributed by atoms with Gasteiger partial charge in [-0.1, -0.05) is 66.7 Å². The van der Waals surface area contributed by atoms with Gasteiger partial charge in [-0.15, -0.1) is 0 Å². The smallest absolute Gasteiger partial charge is 0.254 e. The van der Waals surface area contributed by atoms with Gasteiger partial charge < -0.3 is 15.0 Å². The van der Waals surface area contributed by atoms with E-state index >= 15 is 0 Å². The van der Waals surface area contributed by atoms with E-state index in [0.29, 0.717) is 0 Å². The molecule has 0 bridgehead atoms. The Balaban J connectivity index is 1.85. The van der Waals surface area contributed by atoms with E-state index in [9.17, 15) is 4.79 Å². The van der Waals surface area contributed by atoms with Crippen LogP contribution in [0.3, 0.4) is 0 Å². The molecule has 4 nitrogen and oxygen atoms in total. The summed E-state index contributed by atoms with van der Waals surface area (Å²) >= 11 is 0. The summed E-state index contributed by atoms with van der Waals surface area (Å²) in [6.07, 6.45) is 0.200. The van der Waals surface area contributed by atoms with Gasteiger partial charge in [0, 0.05) is 7.11 Å². The Morgan fingerprint density at radius 2 is 1.61 bits per heavy atom. The van der Waals surface area contributed by atoms with Crippen molar-refractivity contribution in [2.75, 3.05) is 27.7 Å². The van der Waals surface area contributed by atoms with Crippen molar-refractivity contribution in [3.63, 3.8) is 0 Å². The maximum Gasteiger partial charge on any atom is 0.254 e. The lowest BCUT2D eigenvalue weighted by atomic mass is 9.98. The molecule has 0 heterocycles. The molecule has 28 heavy (non-hydrogen) atoms. The number of carbonyl (C=O) groups is 1. The van der Waals surface area contributed by atoms with E-state index in [1.165, 1.54) is 10.8 Å². The van der Waals surface area contributed by atoms with Crippen molar-refractivity contribution in [3.05, 3.63) is 83.9 Å². The van der Waals surface area contributed by atoms with E-state index in [1.54, 1.807) is 7.11 Å². The van der Waals surface area contributed by atoms with E-state index in [0.717, 1.165) is 24.1 Å². The van der Waals surface area contributed by atoms with Gasteiger partial charge in [-0.25, -0.2) is 0 Å². The molecule has 4 heteroatoms. The number of ether oxygens (including phenoxy) is 1. The molecule has 3 rings (SSSR count). The standard InChI is InChI=1S/C24H28N2O2/c1-26(2)16-15-22(21-14-13-18-9-7-8-12-20(18)17-21)25-24(27)23(28-3)19-10-5-4-6-11-19/h4-14,17,22-23H,15-16H2,1-3H3,(H,25,27)/t22?,23-/m1/s1. The summed E-state index contributed by atoms with van der Waals surface area (Å²) in [4.78, 5) is 15.1. The third-order valence-electron chi connectivity index (χ3n) is 4.93. The minimum Gasteiger partial charge on any atom is -0.367 e. The van der Waals surface area contributed by atoms with Crippen molar-refractivity contribution >= 4 is 16.7 Å². The molecule has 3 aromatic rings. The number of hydrogen-bond donors (Lipinski definition) is 1. The summed E-state index contributed by atoms with van der Waals surface area (Å²) in [6.45, 7) is 0.876. The van der Waals surface area contributed by atoms with E-state index < -0.39 is 6.10 Å². The molecule has 0 aliphatic heterocycles. The number of nitrogens with zero attached hydrogens (tertiary/aromatic N) is 1. The first-order valence-corrected chi connectivity index (χ1v) is 9.60. The maximum absolute atomic E-state index is 13.0. The fourth-order valence-electron chi connectivity index (χ4n) is 3.40. The average Bonchev–Trinajstić information content (AvgIpc) is 2.72. The molecule has 1 unspecified atom stereocenters. The first-order chi connectivity index (χ1) is 13.6. The highest BCUT2D eigenvalue weighted by molar-refractivity contribution is 5.84. The van der Waals surface area contributed by atoms with Gasteiger partial charge in [0.2, 0.25) is 0 Å². The van der Waals surface area contributed by atoms with Gasteiger partial charge in [0.05, 0.1) is 6.04 Å². The Kier molecular flexibility index (Phi) is 6.80. The molecule has 0 saturated carbocycles. The van der Waals surface area contributed by atoms with Gasteiger partial charge in [0.1, 0.15) is 0 Å². The third-order valence-corrected chi connectivity index (χ3v) is 4.93. The molecule has 1 amide bonds. The molecule has 3 aromatic carbocycles. The van der Waals surface area contributed by atoms with E-state index in [2.05, 4.69) is 40.5 Å². The minimum absolute atomic E-state index is 0.0825. The van der Waals surface area contributed by atoms with Crippen molar-refractivity contribution in [1.82, 2.24) is 10.2 Å². The SMILES string of the molecule is CO[C@@H](C(=O)NC(CCN(C)C)c1ccc2ccccc2c1)c1ccccc1. The summed E-state index contributed by atoms with van der Waals surface area (Å²) in [5.41, 5.74) is 1.96. The topological polar surface area (TPSA) is 41.6 Å². The fraction of sp³-hybridized carbons (Fsp3) is 0.292. The Morgan fingerprint density at radius 3 is 2.29 bits per heavy atom. The largest absolute Gasteiger partial charge is 0.367 e. The molecule has 0 radical (unpaired) electrons. The normalized spacial score (nSPS) is 13.4. The van der Waals surface area contributed by atoms with Gasteiger partial charge in [-0.05, 0) is 55.0 Å². The van der Waals surface area contributed by atoms with Crippen LogP contribution in [0.2, 0.25) is 0 Å². The Hall–Kier alpha value is -2.69. The lowest BCUT2D eigenvalue weighted by Gasteiger charge is -2.24. The number of rotatable bonds is 8. The predicted molar refractivity (Wildman–Crippen MR) is 114 cm³/mol. The van der Waals surface area contributed by atoms with Crippen molar-refractivity contribution in [1.29, 1.82) is 0 Å². The van der Waals surface area contributed by atoms with Crippen molar-refractivity contribution < 1.29 is 9.53 Å². The number of carbonyl (C=O) groups excluding carboxylic acids is 1. The zero-order valence-corrected chi connectivity index (χ0v) is 16.8. The molecule has 0 saturated heterocycles. The van der Waals surface area contributed by atoms with Crippen molar-refractivity contribution in [3.8, 4) is 0 Å². The summed E-state index contributed by atoms with van der Waals surface area (Å²) in [6, 6.07) is 24.2. The van der Waals surface area contributed by atoms with Crippen LogP contribution in [0.15, 0.2) is 72.8 Å². The van der Waals surface area contributed by atoms with Crippen LogP contribution < -0.4 is 5.32 Å². The van der Waals surface area contributed by atoms with Crippen LogP contribution in [0, 0.1) is 0 Å². The highest BCUT2D eigenvalue weighted by Crippen LogP contribution is 2.25. The fourth-order valence-corrected chi connectivity index (χ4v) is 3.40. The van der Waals surface area contributed by atoms with Crippen molar-refractivity contribution in [2.45, 2.75) is 18.6 Å². The molecule has 0 spiro atoms. The van der Waals surface area contributed by atoms with Gasteiger partial charge in [-0.2, -0.15) is 0 Å². The predicted octanol–water partition coefficient (Wildman–Crippen LogP) is 4.34. The van der Waals surface area contributed by atoms with E-state index in [-0.39, 0.29) is 11.9 Å². The molecule has 0 aromatic heterocycles. The number of fused-ring (bicyclic) bond motifs is 1. The van der Waals surface area contributed by atoms with Crippen LogP contribution in [0.1, 0.15) is 29.7 Å². The average molecular weight is 377 g/mol. The Labute approximate surface area is 167 Å². The first-order valence-electron chi connectivity index (χ1n) is 9.60. The highest BCUT2D eigenvalue weighted by atomic mass is 16.5. The molecule has 2 atom stereocenters. The highest BCUT2D eigenvalue weighted by Gasteiger charge is 2.23. The molecule has 146 valence electrons. The second kappa shape index (κ2) is 9.49. The molecule has 0 fully saturated rings. The Morgan fingerprint density at radius 1 is 0.929 bits per heavy atom. The molecule has 0 aliphatic rings. The number of benzene rings is 3. The molecule has 1 N–H and O–H groups in total. The lowest BCUT2D eigenvalue weighted by molar-refractivity contribution is -0.132. The summed E-state index contributed by atoms with van der Waals surface area (Å²) in [7, 11) is 5.66. The van der Waals surface area contributed by atoms with Crippen LogP contribution in [-0.4, -0.2) is 38.6 Å². The van der Waals surface area contributed by atoms with E-state index in [1.807, 2.05) is 56.6 Å². The zero-order chi connectivity index (χ0) is 19.9.